The first-order valence-electron chi connectivity index (χ1n) is 6.06. The van der Waals surface area contributed by atoms with E-state index in [4.69, 9.17) is 10.6 Å². The molecule has 0 fully saturated rings. The number of anilines is 2. The molecule has 0 amide bonds. The Bertz CT molecular complexity index is 747. The van der Waals surface area contributed by atoms with Crippen molar-refractivity contribution in [1.82, 2.24) is 4.98 Å². The Morgan fingerprint density at radius 1 is 1.24 bits per heavy atom. The number of nitrogens with zero attached hydrogens (tertiary/aromatic N) is 1. The smallest absolute Gasteiger partial charge is 0.265 e. The predicted molar refractivity (Wildman–Crippen MR) is 80.6 cm³/mol. The zero-order valence-electron chi connectivity index (χ0n) is 11.6. The van der Waals surface area contributed by atoms with Crippen molar-refractivity contribution in [3.8, 4) is 5.75 Å². The highest BCUT2D eigenvalue weighted by atomic mass is 32.2. The quantitative estimate of drug-likeness (QED) is 0.570. The molecule has 0 saturated heterocycles. The lowest BCUT2D eigenvalue weighted by Crippen LogP contribution is -2.18. The zero-order chi connectivity index (χ0) is 15.5. The molecule has 0 spiro atoms. The Hall–Kier alpha value is -2.32. The van der Waals surface area contributed by atoms with Gasteiger partial charge in [-0.25, -0.2) is 8.42 Å². The van der Waals surface area contributed by atoms with Crippen LogP contribution in [0.3, 0.4) is 0 Å². The van der Waals surface area contributed by atoms with Crippen LogP contribution in [0.1, 0.15) is 5.56 Å². The monoisotopic (exact) mass is 308 g/mol. The highest BCUT2D eigenvalue weighted by Gasteiger charge is 2.19. The van der Waals surface area contributed by atoms with Crippen molar-refractivity contribution in [2.24, 2.45) is 5.84 Å². The van der Waals surface area contributed by atoms with Gasteiger partial charge in [0.15, 0.2) is 0 Å². The van der Waals surface area contributed by atoms with Gasteiger partial charge in [0.2, 0.25) is 0 Å². The second-order valence-electron chi connectivity index (χ2n) is 4.30. The molecule has 1 heterocycles. The van der Waals surface area contributed by atoms with Crippen LogP contribution in [0.15, 0.2) is 41.6 Å². The summed E-state index contributed by atoms with van der Waals surface area (Å²) in [6.07, 6.45) is 2.68. The average molecular weight is 308 g/mol. The second kappa shape index (κ2) is 5.98. The summed E-state index contributed by atoms with van der Waals surface area (Å²) in [6, 6.07) is 6.53. The number of nitrogens with two attached hydrogens (primary N) is 1. The molecule has 7 nitrogen and oxygen atoms in total. The van der Waals surface area contributed by atoms with Crippen LogP contribution in [0.25, 0.3) is 0 Å². The van der Waals surface area contributed by atoms with E-state index in [1.807, 2.05) is 0 Å². The fourth-order valence-corrected chi connectivity index (χ4v) is 3.04. The van der Waals surface area contributed by atoms with Crippen molar-refractivity contribution in [2.45, 2.75) is 11.8 Å². The molecule has 0 bridgehead atoms. The number of nitrogens with one attached hydrogen (secondary N) is 2. The largest absolute Gasteiger partial charge is 0.497 e. The Balaban J connectivity index is 2.38. The van der Waals surface area contributed by atoms with Crippen LogP contribution < -0.4 is 20.7 Å². The van der Waals surface area contributed by atoms with Crippen LogP contribution in [0.5, 0.6) is 5.75 Å². The number of benzene rings is 1. The van der Waals surface area contributed by atoms with Gasteiger partial charge in [0.05, 0.1) is 18.5 Å². The Morgan fingerprint density at radius 2 is 2.00 bits per heavy atom. The average Bonchev–Trinajstić information content (AvgIpc) is 2.49. The maximum absolute atomic E-state index is 12.4. The fourth-order valence-electron chi connectivity index (χ4n) is 1.79. The molecule has 0 atom stereocenters. The Morgan fingerprint density at radius 3 is 2.62 bits per heavy atom. The number of aryl methyl sites for hydroxylation is 1. The van der Waals surface area contributed by atoms with E-state index < -0.39 is 10.0 Å². The third-order valence-electron chi connectivity index (χ3n) is 2.91. The topological polar surface area (TPSA) is 106 Å². The van der Waals surface area contributed by atoms with Crippen molar-refractivity contribution in [3.63, 3.8) is 0 Å². The number of pyridine rings is 1. The van der Waals surface area contributed by atoms with Gasteiger partial charge >= 0.3 is 0 Å². The van der Waals surface area contributed by atoms with Crippen LogP contribution >= 0.6 is 0 Å². The SMILES string of the molecule is COc1ccc(NS(=O)(=O)c2cnccc2NN)c(C)c1. The van der Waals surface area contributed by atoms with E-state index in [-0.39, 0.29) is 10.6 Å². The first-order chi connectivity index (χ1) is 9.97. The normalized spacial score (nSPS) is 11.0. The van der Waals surface area contributed by atoms with Gasteiger partial charge in [-0.15, -0.1) is 0 Å². The number of methoxy groups -OCH3 is 1. The van der Waals surface area contributed by atoms with E-state index >= 15 is 0 Å². The van der Waals surface area contributed by atoms with Crippen molar-refractivity contribution in [3.05, 3.63) is 42.2 Å². The molecule has 1 aromatic heterocycles. The summed E-state index contributed by atoms with van der Waals surface area (Å²) in [5, 5.41) is 0. The van der Waals surface area contributed by atoms with Crippen molar-refractivity contribution in [2.75, 3.05) is 17.3 Å². The van der Waals surface area contributed by atoms with Crippen molar-refractivity contribution in [1.29, 1.82) is 0 Å². The summed E-state index contributed by atoms with van der Waals surface area (Å²) in [7, 11) is -2.24. The maximum atomic E-state index is 12.4. The van der Waals surface area contributed by atoms with Crippen molar-refractivity contribution < 1.29 is 13.2 Å². The maximum Gasteiger partial charge on any atom is 0.265 e. The Kier molecular flexibility index (Phi) is 4.29. The van der Waals surface area contributed by atoms with Gasteiger partial charge < -0.3 is 10.2 Å². The molecular weight excluding hydrogens is 292 g/mol. The van der Waals surface area contributed by atoms with Gasteiger partial charge in [-0.05, 0) is 36.8 Å². The predicted octanol–water partition coefficient (Wildman–Crippen LogP) is 1.49. The van der Waals surface area contributed by atoms with Crippen LogP contribution in [0.2, 0.25) is 0 Å². The number of aromatic nitrogens is 1. The molecule has 0 aliphatic heterocycles. The third kappa shape index (κ3) is 3.23. The molecule has 21 heavy (non-hydrogen) atoms. The summed E-state index contributed by atoms with van der Waals surface area (Å²) in [4.78, 5) is 3.79. The van der Waals surface area contributed by atoms with Crippen LogP contribution in [0.4, 0.5) is 11.4 Å². The van der Waals surface area contributed by atoms with Gasteiger partial charge in [0.1, 0.15) is 10.6 Å². The van der Waals surface area contributed by atoms with Gasteiger partial charge in [-0.2, -0.15) is 0 Å². The summed E-state index contributed by atoms with van der Waals surface area (Å²) in [6.45, 7) is 1.78. The molecule has 112 valence electrons. The van der Waals surface area contributed by atoms with Crippen LogP contribution in [-0.4, -0.2) is 20.5 Å². The van der Waals surface area contributed by atoms with Crippen LogP contribution in [-0.2, 0) is 10.0 Å². The minimum Gasteiger partial charge on any atom is -0.497 e. The first-order valence-corrected chi connectivity index (χ1v) is 7.54. The van der Waals surface area contributed by atoms with Gasteiger partial charge in [0, 0.05) is 12.4 Å². The molecule has 0 aliphatic rings. The van der Waals surface area contributed by atoms with E-state index in [1.54, 1.807) is 32.2 Å². The number of hydrogen-bond donors (Lipinski definition) is 3. The molecule has 0 radical (unpaired) electrons. The summed E-state index contributed by atoms with van der Waals surface area (Å²) < 4.78 is 32.4. The molecule has 0 saturated carbocycles. The van der Waals surface area contributed by atoms with E-state index in [1.165, 1.54) is 18.5 Å². The lowest BCUT2D eigenvalue weighted by molar-refractivity contribution is 0.414. The van der Waals surface area contributed by atoms with Gasteiger partial charge in [0.25, 0.3) is 10.0 Å². The van der Waals surface area contributed by atoms with E-state index in [2.05, 4.69) is 15.1 Å². The van der Waals surface area contributed by atoms with Crippen molar-refractivity contribution >= 4 is 21.4 Å². The van der Waals surface area contributed by atoms with Gasteiger partial charge in [-0.3, -0.25) is 15.5 Å². The van der Waals surface area contributed by atoms with E-state index in [0.29, 0.717) is 11.4 Å². The molecule has 4 N–H and O–H groups in total. The number of hydrazine groups is 1. The number of ether oxygens (including phenoxy) is 1. The summed E-state index contributed by atoms with van der Waals surface area (Å²) >= 11 is 0. The minimum atomic E-state index is -3.79. The summed E-state index contributed by atoms with van der Waals surface area (Å²) in [5.41, 5.74) is 3.81. The lowest BCUT2D eigenvalue weighted by atomic mass is 10.2. The number of nitrogen functional groups attached to an aromatic ring is 1. The standard InChI is InChI=1S/C13H16N4O3S/c1-9-7-10(20-2)3-4-11(9)17-21(18,19)13-8-15-6-5-12(13)16-14/h3-8,17H,14H2,1-2H3,(H,15,16). The Labute approximate surface area is 123 Å². The molecule has 1 aromatic carbocycles. The molecule has 2 rings (SSSR count). The fraction of sp³-hybridized carbons (Fsp3) is 0.154. The van der Waals surface area contributed by atoms with E-state index in [0.717, 1.165) is 5.56 Å². The van der Waals surface area contributed by atoms with Gasteiger partial charge in [-0.1, -0.05) is 0 Å². The third-order valence-corrected chi connectivity index (χ3v) is 4.30. The van der Waals surface area contributed by atoms with E-state index in [9.17, 15) is 8.42 Å². The number of sulfonamides is 1. The molecular formula is C13H16N4O3S. The molecule has 8 heteroatoms. The highest BCUT2D eigenvalue weighted by molar-refractivity contribution is 7.92. The lowest BCUT2D eigenvalue weighted by Gasteiger charge is -2.13. The zero-order valence-corrected chi connectivity index (χ0v) is 12.4. The summed E-state index contributed by atoms with van der Waals surface area (Å²) in [5.74, 6) is 5.98. The van der Waals surface area contributed by atoms with Crippen LogP contribution in [0, 0.1) is 6.92 Å². The molecule has 0 aliphatic carbocycles. The second-order valence-corrected chi connectivity index (χ2v) is 5.95. The molecule has 2 aromatic rings. The minimum absolute atomic E-state index is 0.0253. The number of rotatable bonds is 5. The first kappa shape index (κ1) is 15.1. The number of hydrogen-bond acceptors (Lipinski definition) is 6. The molecule has 0 unspecified atom stereocenters. The highest BCUT2D eigenvalue weighted by Crippen LogP contribution is 2.26.